The van der Waals surface area contributed by atoms with E-state index in [1.54, 1.807) is 36.4 Å². The Labute approximate surface area is 169 Å². The third-order valence-corrected chi connectivity index (χ3v) is 6.75. The Bertz CT molecular complexity index is 951. The van der Waals surface area contributed by atoms with Crippen LogP contribution in [0.3, 0.4) is 0 Å². The third kappa shape index (κ3) is 4.98. The second-order valence-electron chi connectivity index (χ2n) is 6.61. The van der Waals surface area contributed by atoms with Crippen LogP contribution < -0.4 is 5.32 Å². The fraction of sp³-hybridized carbons (Fsp3) is 0.300. The van der Waals surface area contributed by atoms with Crippen molar-refractivity contribution in [1.29, 1.82) is 0 Å². The van der Waals surface area contributed by atoms with E-state index in [0.29, 0.717) is 29.4 Å². The number of hydrogen-bond acceptors (Lipinski definition) is 4. The quantitative estimate of drug-likeness (QED) is 0.692. The molecule has 1 saturated heterocycles. The number of amides is 1. The molecule has 0 aromatic heterocycles. The molecule has 1 amide bonds. The molecule has 0 unspecified atom stereocenters. The molecule has 8 heteroatoms. The van der Waals surface area contributed by atoms with Crippen LogP contribution >= 0.6 is 11.6 Å². The van der Waals surface area contributed by atoms with Gasteiger partial charge in [-0.05, 0) is 61.4 Å². The highest BCUT2D eigenvalue weighted by Gasteiger charge is 2.26. The molecule has 0 atom stereocenters. The number of nitrogens with one attached hydrogen (secondary N) is 1. The maximum absolute atomic E-state index is 12.5. The van der Waals surface area contributed by atoms with Gasteiger partial charge in [0.2, 0.25) is 15.9 Å². The number of sulfonamides is 1. The molecule has 2 aromatic carbocycles. The smallest absolute Gasteiger partial charge is 0.243 e. The summed E-state index contributed by atoms with van der Waals surface area (Å²) in [5, 5.41) is 3.23. The Morgan fingerprint density at radius 2 is 1.54 bits per heavy atom. The van der Waals surface area contributed by atoms with Crippen LogP contribution in [0.25, 0.3) is 0 Å². The van der Waals surface area contributed by atoms with Gasteiger partial charge in [-0.2, -0.15) is 4.31 Å². The van der Waals surface area contributed by atoms with Crippen LogP contribution in [0, 0.1) is 0 Å². The van der Waals surface area contributed by atoms with Crippen LogP contribution in [-0.4, -0.2) is 37.5 Å². The first-order valence-corrected chi connectivity index (χ1v) is 10.9. The number of carbonyl (C=O) groups excluding carboxylic acids is 2. The molecular formula is C20H21ClN2O4S. The largest absolute Gasteiger partial charge is 0.326 e. The summed E-state index contributed by atoms with van der Waals surface area (Å²) in [5.41, 5.74) is 0.998. The lowest BCUT2D eigenvalue weighted by molar-refractivity contribution is -0.116. The predicted octanol–water partition coefficient (Wildman–Crippen LogP) is 3.73. The van der Waals surface area contributed by atoms with Gasteiger partial charge in [-0.15, -0.1) is 0 Å². The zero-order valence-electron chi connectivity index (χ0n) is 15.2. The van der Waals surface area contributed by atoms with Gasteiger partial charge in [-0.3, -0.25) is 9.59 Å². The average molecular weight is 421 g/mol. The fourth-order valence-corrected chi connectivity index (χ4v) is 4.66. The molecule has 1 heterocycles. The number of benzene rings is 2. The fourth-order valence-electron chi connectivity index (χ4n) is 3.02. The SMILES string of the molecule is O=C(CCC(=O)c1ccc(Cl)cc1)Nc1ccc(S(=O)(=O)N2CCCC2)cc1. The number of nitrogens with zero attached hydrogens (tertiary/aromatic N) is 1. The van der Waals surface area contributed by atoms with Crippen LogP contribution in [0.5, 0.6) is 0 Å². The van der Waals surface area contributed by atoms with Gasteiger partial charge < -0.3 is 5.32 Å². The van der Waals surface area contributed by atoms with Crippen LogP contribution in [0.1, 0.15) is 36.0 Å². The average Bonchev–Trinajstić information content (AvgIpc) is 3.23. The lowest BCUT2D eigenvalue weighted by Crippen LogP contribution is -2.27. The standard InChI is InChI=1S/C20H21ClN2O4S/c21-16-5-3-15(4-6-16)19(24)11-12-20(25)22-17-7-9-18(10-8-17)28(26,27)23-13-1-2-14-23/h3-10H,1-2,11-14H2,(H,22,25). The molecule has 28 heavy (non-hydrogen) atoms. The molecule has 0 aliphatic carbocycles. The zero-order chi connectivity index (χ0) is 20.1. The number of Topliss-reactive ketones (excluding diaryl/α,β-unsaturated/α-hetero) is 1. The highest BCUT2D eigenvalue weighted by molar-refractivity contribution is 7.89. The van der Waals surface area contributed by atoms with Crippen LogP contribution in [0.2, 0.25) is 5.02 Å². The molecule has 1 aliphatic heterocycles. The predicted molar refractivity (Wildman–Crippen MR) is 108 cm³/mol. The molecule has 148 valence electrons. The first-order valence-electron chi connectivity index (χ1n) is 9.05. The topological polar surface area (TPSA) is 83.5 Å². The van der Waals surface area contributed by atoms with Gasteiger partial charge in [-0.1, -0.05) is 11.6 Å². The molecule has 1 aliphatic rings. The van der Waals surface area contributed by atoms with Crippen molar-refractivity contribution in [3.8, 4) is 0 Å². The van der Waals surface area contributed by atoms with Gasteiger partial charge in [0.15, 0.2) is 5.78 Å². The van der Waals surface area contributed by atoms with Crippen molar-refractivity contribution in [3.05, 3.63) is 59.1 Å². The normalized spacial score (nSPS) is 14.8. The maximum Gasteiger partial charge on any atom is 0.243 e. The van der Waals surface area contributed by atoms with E-state index in [9.17, 15) is 18.0 Å². The van der Waals surface area contributed by atoms with Crippen molar-refractivity contribution in [3.63, 3.8) is 0 Å². The van der Waals surface area contributed by atoms with E-state index in [-0.39, 0.29) is 29.4 Å². The van der Waals surface area contributed by atoms with Gasteiger partial charge in [0.1, 0.15) is 0 Å². The van der Waals surface area contributed by atoms with Gasteiger partial charge in [0.25, 0.3) is 0 Å². The van der Waals surface area contributed by atoms with E-state index in [0.717, 1.165) is 12.8 Å². The van der Waals surface area contributed by atoms with Crippen molar-refractivity contribution in [2.45, 2.75) is 30.6 Å². The maximum atomic E-state index is 12.5. The number of halogens is 1. The lowest BCUT2D eigenvalue weighted by atomic mass is 10.1. The number of rotatable bonds is 7. The van der Waals surface area contributed by atoms with Crippen molar-refractivity contribution in [2.24, 2.45) is 0 Å². The summed E-state index contributed by atoms with van der Waals surface area (Å²) in [7, 11) is -3.47. The summed E-state index contributed by atoms with van der Waals surface area (Å²) in [6, 6.07) is 12.6. The Kier molecular flexibility index (Phi) is 6.49. The van der Waals surface area contributed by atoms with Gasteiger partial charge in [0.05, 0.1) is 4.90 Å². The number of carbonyl (C=O) groups is 2. The molecular weight excluding hydrogens is 400 g/mol. The molecule has 1 fully saturated rings. The monoisotopic (exact) mass is 420 g/mol. The number of hydrogen-bond donors (Lipinski definition) is 1. The molecule has 0 saturated carbocycles. The second kappa shape index (κ2) is 8.86. The van der Waals surface area contributed by atoms with Crippen LogP contribution in [0.4, 0.5) is 5.69 Å². The van der Waals surface area contributed by atoms with Gasteiger partial charge in [0, 0.05) is 42.2 Å². The highest BCUT2D eigenvalue weighted by Crippen LogP contribution is 2.22. The number of ketones is 1. The van der Waals surface area contributed by atoms with E-state index in [1.165, 1.54) is 16.4 Å². The Hall–Kier alpha value is -2.22. The molecule has 2 aromatic rings. The molecule has 0 spiro atoms. The van der Waals surface area contributed by atoms with Crippen molar-refractivity contribution < 1.29 is 18.0 Å². The first kappa shape index (κ1) is 20.5. The highest BCUT2D eigenvalue weighted by atomic mass is 35.5. The van der Waals surface area contributed by atoms with Crippen molar-refractivity contribution >= 4 is 39.0 Å². The van der Waals surface area contributed by atoms with E-state index in [1.807, 2.05) is 0 Å². The summed E-state index contributed by atoms with van der Waals surface area (Å²) in [5.74, 6) is -0.448. The summed E-state index contributed by atoms with van der Waals surface area (Å²) in [4.78, 5) is 24.4. The number of anilines is 1. The van der Waals surface area contributed by atoms with E-state index >= 15 is 0 Å². The Morgan fingerprint density at radius 3 is 2.14 bits per heavy atom. The van der Waals surface area contributed by atoms with Crippen LogP contribution in [0.15, 0.2) is 53.4 Å². The van der Waals surface area contributed by atoms with Crippen molar-refractivity contribution in [2.75, 3.05) is 18.4 Å². The molecule has 0 bridgehead atoms. The van der Waals surface area contributed by atoms with E-state index < -0.39 is 10.0 Å². The van der Waals surface area contributed by atoms with Gasteiger partial charge in [-0.25, -0.2) is 8.42 Å². The third-order valence-electron chi connectivity index (χ3n) is 4.59. The molecule has 3 rings (SSSR count). The Morgan fingerprint density at radius 1 is 0.929 bits per heavy atom. The first-order chi connectivity index (χ1) is 13.4. The Balaban J connectivity index is 1.54. The lowest BCUT2D eigenvalue weighted by Gasteiger charge is -2.15. The van der Waals surface area contributed by atoms with Crippen LogP contribution in [-0.2, 0) is 14.8 Å². The molecule has 1 N–H and O–H groups in total. The summed E-state index contributed by atoms with van der Waals surface area (Å²) < 4.78 is 26.5. The summed E-state index contributed by atoms with van der Waals surface area (Å²) in [6.07, 6.45) is 1.87. The minimum absolute atomic E-state index is 0.0370. The zero-order valence-corrected chi connectivity index (χ0v) is 16.8. The van der Waals surface area contributed by atoms with Crippen molar-refractivity contribution in [1.82, 2.24) is 4.31 Å². The summed E-state index contributed by atoms with van der Waals surface area (Å²) >= 11 is 5.79. The minimum Gasteiger partial charge on any atom is -0.326 e. The molecule has 6 nitrogen and oxygen atoms in total. The van der Waals surface area contributed by atoms with Gasteiger partial charge >= 0.3 is 0 Å². The van der Waals surface area contributed by atoms with E-state index in [2.05, 4.69) is 5.32 Å². The summed E-state index contributed by atoms with van der Waals surface area (Å²) in [6.45, 7) is 1.09. The molecule has 0 radical (unpaired) electrons. The second-order valence-corrected chi connectivity index (χ2v) is 8.99. The minimum atomic E-state index is -3.47. The van der Waals surface area contributed by atoms with E-state index in [4.69, 9.17) is 11.6 Å².